The average molecular weight is 522 g/mol. The molecule has 0 unspecified atom stereocenters. The number of carboxylic acid groups (broad SMARTS) is 1. The molecular formula is C20H18N12O6. The summed E-state index contributed by atoms with van der Waals surface area (Å²) in [6.07, 6.45) is 1.46. The van der Waals surface area contributed by atoms with Crippen molar-refractivity contribution in [2.45, 2.75) is 6.92 Å². The van der Waals surface area contributed by atoms with Gasteiger partial charge in [0.05, 0.1) is 5.69 Å². The number of anilines is 2. The van der Waals surface area contributed by atoms with E-state index in [1.807, 2.05) is 6.07 Å². The van der Waals surface area contributed by atoms with Gasteiger partial charge in [-0.3, -0.25) is 0 Å². The summed E-state index contributed by atoms with van der Waals surface area (Å²) >= 11 is 0. The van der Waals surface area contributed by atoms with Crippen LogP contribution in [-0.2, 0) is 4.74 Å². The number of aromatic carboxylic acids is 1. The summed E-state index contributed by atoms with van der Waals surface area (Å²) in [5.74, 6) is -1.51. The third-order valence-corrected chi connectivity index (χ3v) is 4.73. The second-order valence-corrected chi connectivity index (χ2v) is 7.14. The molecule has 1 aromatic carbocycles. The third-order valence-electron chi connectivity index (χ3n) is 4.73. The number of carboxylic acids is 1. The first kappa shape index (κ1) is 25.2. The van der Waals surface area contributed by atoms with Crippen molar-refractivity contribution in [3.8, 4) is 22.9 Å². The predicted molar refractivity (Wildman–Crippen MR) is 125 cm³/mol. The van der Waals surface area contributed by atoms with E-state index in [0.717, 1.165) is 0 Å². The van der Waals surface area contributed by atoms with Gasteiger partial charge in [0.2, 0.25) is 23.3 Å². The van der Waals surface area contributed by atoms with Crippen LogP contribution in [0.25, 0.3) is 22.9 Å². The van der Waals surface area contributed by atoms with E-state index in [9.17, 15) is 14.7 Å². The summed E-state index contributed by atoms with van der Waals surface area (Å²) in [5.41, 5.74) is 12.3. The Morgan fingerprint density at radius 3 is 2.11 bits per heavy atom. The highest BCUT2D eigenvalue weighted by Gasteiger charge is 2.24. The number of benzene rings is 1. The molecule has 0 aliphatic carbocycles. The lowest BCUT2D eigenvalue weighted by Crippen LogP contribution is -2.08. The number of carbonyl (C=O) groups is 2. The topological polar surface area (TPSA) is 255 Å². The van der Waals surface area contributed by atoms with Gasteiger partial charge in [0, 0.05) is 5.56 Å². The number of nitrogens with zero attached hydrogens (tertiary/aromatic N) is 10. The molecule has 0 spiro atoms. The van der Waals surface area contributed by atoms with Crippen molar-refractivity contribution < 1.29 is 28.7 Å². The fraction of sp³-hybridized carbons (Fsp3) is 0.100. The van der Waals surface area contributed by atoms with Crippen LogP contribution in [-0.4, -0.2) is 74.3 Å². The van der Waals surface area contributed by atoms with E-state index in [1.165, 1.54) is 15.4 Å². The van der Waals surface area contributed by atoms with Gasteiger partial charge >= 0.3 is 11.9 Å². The molecule has 5 aromatic rings. The quantitative estimate of drug-likeness (QED) is 0.194. The molecule has 0 amide bonds. The number of nitrogens with two attached hydrogens (primary N) is 2. The summed E-state index contributed by atoms with van der Waals surface area (Å²) in [5, 5.41) is 38.1. The molecule has 194 valence electrons. The van der Waals surface area contributed by atoms with Crippen LogP contribution in [0.5, 0.6) is 0 Å². The van der Waals surface area contributed by atoms with Gasteiger partial charge in [-0.05, 0) is 27.6 Å². The van der Waals surface area contributed by atoms with E-state index in [2.05, 4.69) is 57.1 Å². The minimum Gasteiger partial charge on any atom is -0.476 e. The minimum atomic E-state index is -1.20. The number of rotatable bonds is 7. The van der Waals surface area contributed by atoms with Gasteiger partial charge in [0.25, 0.3) is 0 Å². The zero-order chi connectivity index (χ0) is 27.2. The zero-order valence-corrected chi connectivity index (χ0v) is 19.5. The second kappa shape index (κ2) is 10.8. The molecular weight excluding hydrogens is 504 g/mol. The number of carbonyl (C=O) groups excluding carboxylic acids is 1. The smallest absolute Gasteiger partial charge is 0.361 e. The Hall–Kier alpha value is -5.94. The largest absolute Gasteiger partial charge is 0.476 e. The molecule has 4 heterocycles. The van der Waals surface area contributed by atoms with Gasteiger partial charge < -0.3 is 21.3 Å². The SMILES string of the molecule is C=CCOC(=O)c1nnn(-c2nonc2N)c1C.Nc1nonc1-n1nnc(C(=O)O)c1-c1ccccc1. The lowest BCUT2D eigenvalue weighted by atomic mass is 10.1. The van der Waals surface area contributed by atoms with Crippen LogP contribution in [0.15, 0.2) is 52.2 Å². The molecule has 38 heavy (non-hydrogen) atoms. The Balaban J connectivity index is 0.000000178. The molecule has 5 rings (SSSR count). The van der Waals surface area contributed by atoms with Crippen molar-refractivity contribution in [1.82, 2.24) is 50.6 Å². The van der Waals surface area contributed by atoms with E-state index < -0.39 is 11.9 Å². The molecule has 0 aliphatic heterocycles. The number of nitrogen functional groups attached to an aromatic ring is 2. The molecule has 18 heteroatoms. The monoisotopic (exact) mass is 522 g/mol. The molecule has 18 nitrogen and oxygen atoms in total. The first-order valence-electron chi connectivity index (χ1n) is 10.4. The fourth-order valence-electron chi connectivity index (χ4n) is 3.03. The van der Waals surface area contributed by atoms with E-state index in [0.29, 0.717) is 11.3 Å². The van der Waals surface area contributed by atoms with E-state index in [-0.39, 0.29) is 47.0 Å². The van der Waals surface area contributed by atoms with Gasteiger partial charge in [-0.25, -0.2) is 18.8 Å². The van der Waals surface area contributed by atoms with E-state index in [4.69, 9.17) is 16.2 Å². The average Bonchev–Trinajstić information content (AvgIpc) is 3.70. The number of ether oxygens (including phenoxy) is 1. The molecule has 0 radical (unpaired) electrons. The van der Waals surface area contributed by atoms with Crippen LogP contribution in [0.4, 0.5) is 11.6 Å². The maximum absolute atomic E-state index is 11.6. The van der Waals surface area contributed by atoms with Gasteiger partial charge in [-0.15, -0.1) is 10.2 Å². The van der Waals surface area contributed by atoms with Crippen LogP contribution >= 0.6 is 0 Å². The summed E-state index contributed by atoms with van der Waals surface area (Å²) in [7, 11) is 0. The van der Waals surface area contributed by atoms with E-state index in [1.54, 1.807) is 31.2 Å². The van der Waals surface area contributed by atoms with Crippen LogP contribution in [0.1, 0.15) is 26.7 Å². The first-order valence-corrected chi connectivity index (χ1v) is 10.4. The maximum Gasteiger partial charge on any atom is 0.361 e. The summed E-state index contributed by atoms with van der Waals surface area (Å²) in [6.45, 7) is 5.16. The van der Waals surface area contributed by atoms with E-state index >= 15 is 0 Å². The first-order chi connectivity index (χ1) is 18.3. The third kappa shape index (κ3) is 4.89. The second-order valence-electron chi connectivity index (χ2n) is 7.14. The summed E-state index contributed by atoms with van der Waals surface area (Å²) in [6, 6.07) is 8.80. The molecule has 0 saturated heterocycles. The Bertz CT molecular complexity index is 1580. The summed E-state index contributed by atoms with van der Waals surface area (Å²) in [4.78, 5) is 22.9. The normalized spacial score (nSPS) is 10.4. The fourth-order valence-corrected chi connectivity index (χ4v) is 3.03. The lowest BCUT2D eigenvalue weighted by Gasteiger charge is -2.03. The molecule has 0 fully saturated rings. The Kier molecular flexibility index (Phi) is 7.13. The lowest BCUT2D eigenvalue weighted by molar-refractivity contribution is 0.0541. The molecule has 0 saturated carbocycles. The predicted octanol–water partition coefficient (Wildman–Crippen LogP) is 0.481. The Labute approximate surface area is 211 Å². The van der Waals surface area contributed by atoms with Crippen molar-refractivity contribution >= 4 is 23.6 Å². The van der Waals surface area contributed by atoms with Crippen molar-refractivity contribution in [2.24, 2.45) is 0 Å². The number of hydrogen-bond donors (Lipinski definition) is 3. The number of esters is 1. The van der Waals surface area contributed by atoms with Crippen LogP contribution in [0.2, 0.25) is 0 Å². The molecule has 5 N–H and O–H groups in total. The maximum atomic E-state index is 11.6. The highest BCUT2D eigenvalue weighted by Crippen LogP contribution is 2.26. The molecule has 0 bridgehead atoms. The van der Waals surface area contributed by atoms with Gasteiger partial charge in [-0.2, -0.15) is 9.36 Å². The standard InChI is InChI=1S/C11H8N6O3.C9H10N6O3/c12-9-10(15-20-14-9)17-8(6-4-2-1-3-5-6)7(11(18)19)13-16-17;1-3-4-17-9(16)6-5(2)15(14-11-6)8-7(10)12-18-13-8/h1-5H,(H2,12,14)(H,18,19);3H,1,4H2,2H3,(H2,10,12). The zero-order valence-electron chi connectivity index (χ0n) is 19.5. The highest BCUT2D eigenvalue weighted by molar-refractivity contribution is 5.93. The van der Waals surface area contributed by atoms with Crippen LogP contribution in [0.3, 0.4) is 0 Å². The van der Waals surface area contributed by atoms with Crippen molar-refractivity contribution in [2.75, 3.05) is 18.1 Å². The van der Waals surface area contributed by atoms with Crippen LogP contribution < -0.4 is 11.5 Å². The van der Waals surface area contributed by atoms with Crippen molar-refractivity contribution in [1.29, 1.82) is 0 Å². The van der Waals surface area contributed by atoms with Crippen LogP contribution in [0, 0.1) is 6.92 Å². The Morgan fingerprint density at radius 2 is 1.55 bits per heavy atom. The molecule has 0 atom stereocenters. The van der Waals surface area contributed by atoms with Gasteiger partial charge in [-0.1, -0.05) is 53.4 Å². The molecule has 4 aromatic heterocycles. The molecule has 0 aliphatic rings. The Morgan fingerprint density at radius 1 is 0.974 bits per heavy atom. The number of aromatic nitrogens is 10. The minimum absolute atomic E-state index is 0.0102. The van der Waals surface area contributed by atoms with Gasteiger partial charge in [0.15, 0.2) is 11.4 Å². The number of hydrogen-bond acceptors (Lipinski definition) is 15. The van der Waals surface area contributed by atoms with Crippen molar-refractivity contribution in [3.63, 3.8) is 0 Å². The highest BCUT2D eigenvalue weighted by atomic mass is 16.6. The van der Waals surface area contributed by atoms with Crippen molar-refractivity contribution in [3.05, 3.63) is 60.1 Å². The summed E-state index contributed by atoms with van der Waals surface area (Å²) < 4.78 is 16.2. The van der Waals surface area contributed by atoms with Gasteiger partial charge in [0.1, 0.15) is 12.3 Å².